The van der Waals surface area contributed by atoms with E-state index in [-0.39, 0.29) is 5.91 Å². The highest BCUT2D eigenvalue weighted by Crippen LogP contribution is 2.14. The van der Waals surface area contributed by atoms with Crippen molar-refractivity contribution in [1.82, 2.24) is 25.2 Å². The second kappa shape index (κ2) is 6.27. The molecule has 1 fully saturated rings. The molecule has 2 aromatic rings. The molecule has 6 nitrogen and oxygen atoms in total. The highest BCUT2D eigenvalue weighted by molar-refractivity contribution is 5.92. The van der Waals surface area contributed by atoms with Gasteiger partial charge < -0.3 is 10.2 Å². The van der Waals surface area contributed by atoms with Crippen LogP contribution >= 0.6 is 0 Å². The summed E-state index contributed by atoms with van der Waals surface area (Å²) in [4.78, 5) is 14.4. The van der Waals surface area contributed by atoms with E-state index in [0.717, 1.165) is 37.2 Å². The summed E-state index contributed by atoms with van der Waals surface area (Å²) in [6.45, 7) is 3.54. The van der Waals surface area contributed by atoms with Gasteiger partial charge in [-0.1, -0.05) is 17.3 Å². The number of rotatable bonds is 3. The van der Waals surface area contributed by atoms with Crippen LogP contribution in [0.25, 0.3) is 5.69 Å². The predicted molar refractivity (Wildman–Crippen MR) is 84.1 cm³/mol. The van der Waals surface area contributed by atoms with Gasteiger partial charge in [0.15, 0.2) is 5.69 Å². The van der Waals surface area contributed by atoms with Gasteiger partial charge >= 0.3 is 0 Å². The van der Waals surface area contributed by atoms with E-state index >= 15 is 0 Å². The number of aryl methyl sites for hydroxylation is 1. The summed E-state index contributed by atoms with van der Waals surface area (Å²) in [6.07, 6.45) is 3.83. The smallest absolute Gasteiger partial charge is 0.276 e. The molecule has 0 spiro atoms. The first-order valence-corrected chi connectivity index (χ1v) is 7.63. The van der Waals surface area contributed by atoms with Crippen LogP contribution in [0.15, 0.2) is 30.5 Å². The molecule has 1 aromatic heterocycles. The largest absolute Gasteiger partial charge is 0.336 e. The van der Waals surface area contributed by atoms with E-state index < -0.39 is 0 Å². The molecule has 1 aliphatic rings. The molecule has 1 amide bonds. The Balaban J connectivity index is 1.77. The number of nitrogens with zero attached hydrogens (tertiary/aromatic N) is 4. The lowest BCUT2D eigenvalue weighted by Crippen LogP contribution is -2.47. The van der Waals surface area contributed by atoms with E-state index in [2.05, 4.69) is 15.6 Å². The van der Waals surface area contributed by atoms with Crippen molar-refractivity contribution in [2.75, 3.05) is 20.1 Å². The Morgan fingerprint density at radius 3 is 3.05 bits per heavy atom. The van der Waals surface area contributed by atoms with Crippen LogP contribution in [0.1, 0.15) is 28.9 Å². The molecule has 1 unspecified atom stereocenters. The molecule has 0 aliphatic carbocycles. The van der Waals surface area contributed by atoms with Crippen molar-refractivity contribution in [3.8, 4) is 5.69 Å². The van der Waals surface area contributed by atoms with E-state index in [4.69, 9.17) is 0 Å². The summed E-state index contributed by atoms with van der Waals surface area (Å²) in [5.74, 6) is -0.0427. The average Bonchev–Trinajstić information content (AvgIpc) is 3.04. The van der Waals surface area contributed by atoms with Crippen LogP contribution < -0.4 is 5.32 Å². The van der Waals surface area contributed by atoms with Gasteiger partial charge in [0.1, 0.15) is 0 Å². The number of nitrogens with one attached hydrogen (secondary N) is 1. The van der Waals surface area contributed by atoms with Crippen LogP contribution in [0.4, 0.5) is 0 Å². The topological polar surface area (TPSA) is 63.1 Å². The first kappa shape index (κ1) is 14.7. The van der Waals surface area contributed by atoms with Gasteiger partial charge in [-0.15, -0.1) is 5.10 Å². The monoisotopic (exact) mass is 299 g/mol. The Morgan fingerprint density at radius 2 is 2.27 bits per heavy atom. The number of aromatic nitrogens is 3. The van der Waals surface area contributed by atoms with Crippen molar-refractivity contribution in [2.24, 2.45) is 0 Å². The van der Waals surface area contributed by atoms with Gasteiger partial charge in [-0.25, -0.2) is 4.68 Å². The number of likely N-dealkylation sites (tertiary alicyclic amines) is 1. The number of piperidine rings is 1. The normalized spacial score (nSPS) is 18.5. The lowest BCUT2D eigenvalue weighted by Gasteiger charge is -2.31. The molecule has 1 aliphatic heterocycles. The van der Waals surface area contributed by atoms with Crippen LogP contribution in [0, 0.1) is 6.92 Å². The number of benzene rings is 1. The minimum Gasteiger partial charge on any atom is -0.336 e. The number of carbonyl (C=O) groups is 1. The first-order valence-electron chi connectivity index (χ1n) is 7.63. The Kier molecular flexibility index (Phi) is 4.20. The van der Waals surface area contributed by atoms with E-state index in [1.165, 1.54) is 0 Å². The summed E-state index contributed by atoms with van der Waals surface area (Å²) >= 11 is 0. The zero-order valence-electron chi connectivity index (χ0n) is 13.0. The molecule has 116 valence electrons. The molecule has 1 N–H and O–H groups in total. The number of hydrogen-bond acceptors (Lipinski definition) is 4. The van der Waals surface area contributed by atoms with E-state index in [9.17, 15) is 4.79 Å². The highest BCUT2D eigenvalue weighted by Gasteiger charge is 2.25. The second-order valence-electron chi connectivity index (χ2n) is 5.77. The van der Waals surface area contributed by atoms with Crippen LogP contribution in [0.5, 0.6) is 0 Å². The van der Waals surface area contributed by atoms with Crippen molar-refractivity contribution in [3.05, 3.63) is 41.7 Å². The molecule has 1 saturated heterocycles. The maximum atomic E-state index is 12.6. The van der Waals surface area contributed by atoms with Gasteiger partial charge in [0.2, 0.25) is 0 Å². The fraction of sp³-hybridized carbons (Fsp3) is 0.438. The summed E-state index contributed by atoms with van der Waals surface area (Å²) in [5, 5.41) is 11.4. The summed E-state index contributed by atoms with van der Waals surface area (Å²) < 4.78 is 1.65. The van der Waals surface area contributed by atoms with Crippen molar-refractivity contribution in [3.63, 3.8) is 0 Å². The van der Waals surface area contributed by atoms with Crippen molar-refractivity contribution in [2.45, 2.75) is 25.8 Å². The lowest BCUT2D eigenvalue weighted by atomic mass is 10.1. The number of likely N-dealkylation sites (N-methyl/N-ethyl adjacent to an activating group) is 1. The zero-order valence-corrected chi connectivity index (χ0v) is 13.0. The molecular weight excluding hydrogens is 278 g/mol. The molecule has 1 atom stereocenters. The third kappa shape index (κ3) is 3.01. The average molecular weight is 299 g/mol. The molecule has 6 heteroatoms. The third-order valence-corrected chi connectivity index (χ3v) is 4.10. The first-order chi connectivity index (χ1) is 10.7. The Labute approximate surface area is 130 Å². The molecule has 0 radical (unpaired) electrons. The van der Waals surface area contributed by atoms with Crippen molar-refractivity contribution < 1.29 is 4.79 Å². The van der Waals surface area contributed by atoms with Crippen LogP contribution in [-0.4, -0.2) is 52.0 Å². The second-order valence-corrected chi connectivity index (χ2v) is 5.77. The Hall–Kier alpha value is -2.21. The SMILES string of the molecule is CNC1CCCN(C(=O)c2cn(-c3cccc(C)c3)nn2)C1. The summed E-state index contributed by atoms with van der Waals surface area (Å²) in [7, 11) is 1.94. The molecule has 22 heavy (non-hydrogen) atoms. The minimum atomic E-state index is -0.0427. The molecule has 1 aromatic carbocycles. The van der Waals surface area contributed by atoms with Gasteiger partial charge in [0.05, 0.1) is 11.9 Å². The minimum absolute atomic E-state index is 0.0427. The Morgan fingerprint density at radius 1 is 1.41 bits per heavy atom. The summed E-state index contributed by atoms with van der Waals surface area (Å²) in [6, 6.07) is 8.33. The van der Waals surface area contributed by atoms with Gasteiger partial charge in [-0.05, 0) is 44.5 Å². The van der Waals surface area contributed by atoms with Gasteiger partial charge in [-0.3, -0.25) is 4.79 Å². The highest BCUT2D eigenvalue weighted by atomic mass is 16.2. The lowest BCUT2D eigenvalue weighted by molar-refractivity contribution is 0.0692. The standard InChI is InChI=1S/C16H21N5O/c1-12-5-3-7-14(9-12)21-11-15(18-19-21)16(22)20-8-4-6-13(10-20)17-2/h3,5,7,9,11,13,17H,4,6,8,10H2,1-2H3. The maximum Gasteiger partial charge on any atom is 0.276 e. The maximum absolute atomic E-state index is 12.6. The molecular formula is C16H21N5O. The van der Waals surface area contributed by atoms with Crippen molar-refractivity contribution >= 4 is 5.91 Å². The predicted octanol–water partition coefficient (Wildman–Crippen LogP) is 1.40. The van der Waals surface area contributed by atoms with Crippen LogP contribution in [-0.2, 0) is 0 Å². The van der Waals surface area contributed by atoms with Gasteiger partial charge in [-0.2, -0.15) is 0 Å². The zero-order chi connectivity index (χ0) is 15.5. The fourth-order valence-corrected chi connectivity index (χ4v) is 2.82. The molecule has 0 saturated carbocycles. The van der Waals surface area contributed by atoms with Crippen LogP contribution in [0.2, 0.25) is 0 Å². The molecule has 2 heterocycles. The van der Waals surface area contributed by atoms with Gasteiger partial charge in [0, 0.05) is 19.1 Å². The summed E-state index contributed by atoms with van der Waals surface area (Å²) in [5.41, 5.74) is 2.46. The number of hydrogen-bond donors (Lipinski definition) is 1. The molecule has 3 rings (SSSR count). The van der Waals surface area contributed by atoms with Gasteiger partial charge in [0.25, 0.3) is 5.91 Å². The van der Waals surface area contributed by atoms with Crippen molar-refractivity contribution in [1.29, 1.82) is 0 Å². The Bertz CT molecular complexity index is 666. The van der Waals surface area contributed by atoms with E-state index in [1.54, 1.807) is 10.9 Å². The van der Waals surface area contributed by atoms with E-state index in [1.807, 2.05) is 43.1 Å². The van der Waals surface area contributed by atoms with Crippen LogP contribution in [0.3, 0.4) is 0 Å². The quantitative estimate of drug-likeness (QED) is 0.930. The van der Waals surface area contributed by atoms with E-state index in [0.29, 0.717) is 11.7 Å². The molecule has 0 bridgehead atoms. The third-order valence-electron chi connectivity index (χ3n) is 4.10. The number of amides is 1. The fourth-order valence-electron chi connectivity index (χ4n) is 2.82. The number of carbonyl (C=O) groups excluding carboxylic acids is 1.